The molecule has 0 spiro atoms. The van der Waals surface area contributed by atoms with E-state index in [1.54, 1.807) is 17.0 Å². The van der Waals surface area contributed by atoms with Crippen LogP contribution in [0.15, 0.2) is 48.5 Å². The Bertz CT molecular complexity index is 996. The molecule has 2 atom stereocenters. The van der Waals surface area contributed by atoms with Crippen LogP contribution in [0.25, 0.3) is 0 Å². The predicted molar refractivity (Wildman–Crippen MR) is 102 cm³/mol. The number of carbonyl (C=O) groups excluding carboxylic acids is 4. The molecule has 2 unspecified atom stereocenters. The van der Waals surface area contributed by atoms with Gasteiger partial charge in [-0.15, -0.1) is 0 Å². The smallest absolute Gasteiger partial charge is 0.335 e. The number of imide groups is 1. The summed E-state index contributed by atoms with van der Waals surface area (Å²) in [5.41, 5.74) is 2.21. The van der Waals surface area contributed by atoms with Crippen LogP contribution < -0.4 is 0 Å². The van der Waals surface area contributed by atoms with E-state index in [0.717, 1.165) is 11.1 Å². The molecule has 7 nitrogen and oxygen atoms in total. The van der Waals surface area contributed by atoms with Gasteiger partial charge in [0, 0.05) is 13.0 Å². The quantitative estimate of drug-likeness (QED) is 0.747. The second-order valence-electron chi connectivity index (χ2n) is 7.21. The van der Waals surface area contributed by atoms with Crippen molar-refractivity contribution < 1.29 is 24.0 Å². The van der Waals surface area contributed by atoms with Gasteiger partial charge in [0.15, 0.2) is 0 Å². The van der Waals surface area contributed by atoms with Gasteiger partial charge >= 0.3 is 5.97 Å². The molecule has 1 fully saturated rings. The summed E-state index contributed by atoms with van der Waals surface area (Å²) in [5, 5.41) is 0.499. The lowest BCUT2D eigenvalue weighted by Gasteiger charge is -2.27. The van der Waals surface area contributed by atoms with Crippen molar-refractivity contribution in [2.45, 2.75) is 26.3 Å². The maximum absolute atomic E-state index is 13.0. The average Bonchev–Trinajstić information content (AvgIpc) is 3.18. The molecule has 2 aliphatic rings. The van der Waals surface area contributed by atoms with Crippen molar-refractivity contribution >= 4 is 23.7 Å². The second-order valence-corrected chi connectivity index (χ2v) is 7.21. The topological polar surface area (TPSA) is 84.0 Å². The molecule has 4 rings (SSSR count). The highest BCUT2D eigenvalue weighted by atomic mass is 16.7. The summed E-state index contributed by atoms with van der Waals surface area (Å²) >= 11 is 0. The van der Waals surface area contributed by atoms with Crippen LogP contribution in [0.4, 0.5) is 0 Å². The van der Waals surface area contributed by atoms with E-state index in [1.165, 1.54) is 12.1 Å². The van der Waals surface area contributed by atoms with Gasteiger partial charge in [0.05, 0.1) is 23.1 Å². The van der Waals surface area contributed by atoms with E-state index in [4.69, 9.17) is 4.84 Å². The number of amides is 3. The molecule has 2 heterocycles. The van der Waals surface area contributed by atoms with E-state index < -0.39 is 29.7 Å². The van der Waals surface area contributed by atoms with Crippen molar-refractivity contribution in [2.24, 2.45) is 5.92 Å². The summed E-state index contributed by atoms with van der Waals surface area (Å²) in [6, 6.07) is 13.4. The number of rotatable bonds is 4. The van der Waals surface area contributed by atoms with Crippen LogP contribution >= 0.6 is 0 Å². The number of hydrogen-bond acceptors (Lipinski definition) is 5. The highest BCUT2D eigenvalue weighted by Crippen LogP contribution is 2.39. The lowest BCUT2D eigenvalue weighted by molar-refractivity contribution is -0.174. The van der Waals surface area contributed by atoms with Gasteiger partial charge in [-0.05, 0) is 31.5 Å². The van der Waals surface area contributed by atoms with Gasteiger partial charge in [-0.3, -0.25) is 14.4 Å². The summed E-state index contributed by atoms with van der Waals surface area (Å²) in [6.45, 7) is 4.22. The molecule has 0 aliphatic carbocycles. The first-order valence-electron chi connectivity index (χ1n) is 9.48. The third kappa shape index (κ3) is 3.08. The number of nitrogens with zero attached hydrogens (tertiary/aromatic N) is 2. The number of aryl methyl sites for hydroxylation is 1. The minimum Gasteiger partial charge on any atom is -0.335 e. The van der Waals surface area contributed by atoms with E-state index >= 15 is 0 Å². The van der Waals surface area contributed by atoms with Gasteiger partial charge in [-0.1, -0.05) is 47.0 Å². The molecule has 0 aromatic heterocycles. The molecule has 0 bridgehead atoms. The zero-order valence-electron chi connectivity index (χ0n) is 16.1. The van der Waals surface area contributed by atoms with Gasteiger partial charge in [-0.25, -0.2) is 4.79 Å². The van der Waals surface area contributed by atoms with Crippen molar-refractivity contribution in [1.82, 2.24) is 9.96 Å². The predicted octanol–water partition coefficient (Wildman–Crippen LogP) is 2.66. The van der Waals surface area contributed by atoms with Crippen molar-refractivity contribution in [3.63, 3.8) is 0 Å². The monoisotopic (exact) mass is 392 g/mol. The number of hydroxylamine groups is 2. The number of likely N-dealkylation sites (tertiary alicyclic amines) is 1. The normalized spacial score (nSPS) is 21.0. The standard InChI is InChI=1S/C22H20N2O5/c1-3-23-18(25)12-17(19(23)14-8-6-7-13(2)11-14)22(28)29-24-20(26)15-9-4-5-10-16(15)21(24)27/h4-11,17,19H,3,12H2,1-2H3. The number of hydrogen-bond donors (Lipinski definition) is 0. The first-order chi connectivity index (χ1) is 13.9. The molecule has 0 saturated carbocycles. The molecule has 1 saturated heterocycles. The lowest BCUT2D eigenvalue weighted by Crippen LogP contribution is -2.37. The first kappa shape index (κ1) is 18.9. The van der Waals surface area contributed by atoms with Gasteiger partial charge in [0.1, 0.15) is 0 Å². The highest BCUT2D eigenvalue weighted by molar-refractivity contribution is 6.20. The molecular formula is C22H20N2O5. The largest absolute Gasteiger partial charge is 0.339 e. The van der Waals surface area contributed by atoms with E-state index in [1.807, 2.05) is 38.1 Å². The van der Waals surface area contributed by atoms with E-state index in [-0.39, 0.29) is 23.5 Å². The minimum atomic E-state index is -0.812. The third-order valence-electron chi connectivity index (χ3n) is 5.40. The average molecular weight is 392 g/mol. The van der Waals surface area contributed by atoms with Crippen LogP contribution in [0.3, 0.4) is 0 Å². The molecule has 3 amide bonds. The molecule has 0 radical (unpaired) electrons. The molecule has 148 valence electrons. The van der Waals surface area contributed by atoms with Crippen LogP contribution in [0.1, 0.15) is 51.2 Å². The summed E-state index contributed by atoms with van der Waals surface area (Å²) in [6.07, 6.45) is -0.0333. The molecule has 2 aliphatic heterocycles. The summed E-state index contributed by atoms with van der Waals surface area (Å²) in [5.74, 6) is -3.10. The second kappa shape index (κ2) is 7.16. The van der Waals surface area contributed by atoms with E-state index in [2.05, 4.69) is 0 Å². The molecule has 7 heteroatoms. The van der Waals surface area contributed by atoms with Crippen molar-refractivity contribution in [3.05, 3.63) is 70.8 Å². The van der Waals surface area contributed by atoms with E-state index in [9.17, 15) is 19.2 Å². The number of carbonyl (C=O) groups is 4. The van der Waals surface area contributed by atoms with Gasteiger partial charge in [0.2, 0.25) is 5.91 Å². The van der Waals surface area contributed by atoms with Gasteiger partial charge in [-0.2, -0.15) is 0 Å². The van der Waals surface area contributed by atoms with Crippen molar-refractivity contribution in [1.29, 1.82) is 0 Å². The summed E-state index contributed by atoms with van der Waals surface area (Å²) in [4.78, 5) is 57.3. The summed E-state index contributed by atoms with van der Waals surface area (Å²) in [7, 11) is 0. The maximum Gasteiger partial charge on any atom is 0.339 e. The fourth-order valence-corrected chi connectivity index (χ4v) is 4.05. The van der Waals surface area contributed by atoms with Crippen LogP contribution in [0, 0.1) is 12.8 Å². The molecular weight excluding hydrogens is 372 g/mol. The fraction of sp³-hybridized carbons (Fsp3) is 0.273. The highest BCUT2D eigenvalue weighted by Gasteiger charge is 2.47. The maximum atomic E-state index is 13.0. The van der Waals surface area contributed by atoms with Crippen LogP contribution in [-0.4, -0.2) is 40.2 Å². The Morgan fingerprint density at radius 3 is 2.28 bits per heavy atom. The zero-order chi connectivity index (χ0) is 20.7. The Hall–Kier alpha value is -3.48. The Morgan fingerprint density at radius 1 is 1.03 bits per heavy atom. The number of benzene rings is 2. The minimum absolute atomic E-state index is 0.0333. The van der Waals surface area contributed by atoms with E-state index in [0.29, 0.717) is 11.6 Å². The molecule has 2 aromatic rings. The Balaban J connectivity index is 1.61. The van der Waals surface area contributed by atoms with Crippen molar-refractivity contribution in [3.8, 4) is 0 Å². The van der Waals surface area contributed by atoms with Crippen molar-refractivity contribution in [2.75, 3.05) is 6.54 Å². The molecule has 29 heavy (non-hydrogen) atoms. The summed E-state index contributed by atoms with van der Waals surface area (Å²) < 4.78 is 0. The molecule has 2 aromatic carbocycles. The third-order valence-corrected chi connectivity index (χ3v) is 5.40. The van der Waals surface area contributed by atoms with Crippen LogP contribution in [-0.2, 0) is 14.4 Å². The Morgan fingerprint density at radius 2 is 1.69 bits per heavy atom. The van der Waals surface area contributed by atoms with Gasteiger partial charge < -0.3 is 9.74 Å². The van der Waals surface area contributed by atoms with Crippen LogP contribution in [0.2, 0.25) is 0 Å². The first-order valence-corrected chi connectivity index (χ1v) is 9.48. The number of fused-ring (bicyclic) bond motifs is 1. The zero-order valence-corrected chi connectivity index (χ0v) is 16.1. The SMILES string of the molecule is CCN1C(=O)CC(C(=O)ON2C(=O)c3ccccc3C2=O)C1c1cccc(C)c1. The fourth-order valence-electron chi connectivity index (χ4n) is 4.05. The molecule has 0 N–H and O–H groups in total. The van der Waals surface area contributed by atoms with Crippen LogP contribution in [0.5, 0.6) is 0 Å². The lowest BCUT2D eigenvalue weighted by atomic mass is 9.93. The Kier molecular flexibility index (Phi) is 4.66. The van der Waals surface area contributed by atoms with Gasteiger partial charge in [0.25, 0.3) is 11.8 Å². The Labute approximate surface area is 167 Å².